The van der Waals surface area contributed by atoms with Crippen LogP contribution in [0.15, 0.2) is 133 Å². The molecule has 4 atom stereocenters. The molecule has 8 heteroatoms. The molecule has 1 aliphatic heterocycles. The Morgan fingerprint density at radius 3 is 1.34 bits per heavy atom. The molecule has 2 amide bonds. The van der Waals surface area contributed by atoms with Crippen molar-refractivity contribution in [1.82, 2.24) is 0 Å². The second-order valence-corrected chi connectivity index (χ2v) is 12.7. The van der Waals surface area contributed by atoms with Crippen molar-refractivity contribution >= 4 is 40.4 Å². The Morgan fingerprint density at radius 1 is 0.580 bits per heavy atom. The topological polar surface area (TPSA) is 110 Å². The number of carboxylic acids is 1. The minimum Gasteiger partial charge on any atom is -0.497 e. The highest BCUT2D eigenvalue weighted by Crippen LogP contribution is 2.74. The fourth-order valence-corrected chi connectivity index (χ4v) is 8.65. The van der Waals surface area contributed by atoms with Crippen LogP contribution in [0, 0.1) is 11.8 Å². The average Bonchev–Trinajstić information content (AvgIpc) is 3.67. The summed E-state index contributed by atoms with van der Waals surface area (Å²) < 4.78 is 11.0. The molecule has 2 fully saturated rings. The van der Waals surface area contributed by atoms with Gasteiger partial charge in [-0.25, -0.2) is 9.69 Å². The SMILES string of the molecule is COc1ccc(C2=C(c3ccc(OC)cc3)[C@@]3(c4ccccc4)C(=O)[C@]2(c2ccccc2)[C@@H]2C(=O)N(c4ccc(C(=O)O)cc4)C(=O)[C@@H]23)cc1. The molecule has 3 aliphatic rings. The zero-order valence-electron chi connectivity index (χ0n) is 27.2. The number of aromatic carboxylic acids is 1. The summed E-state index contributed by atoms with van der Waals surface area (Å²) in [4.78, 5) is 59.0. The Bertz CT molecular complexity index is 2080. The van der Waals surface area contributed by atoms with Crippen LogP contribution in [0.1, 0.15) is 32.6 Å². The third-order valence-corrected chi connectivity index (χ3v) is 10.6. The number of carbonyl (C=O) groups excluding carboxylic acids is 3. The van der Waals surface area contributed by atoms with E-state index in [2.05, 4.69) is 0 Å². The zero-order chi connectivity index (χ0) is 34.8. The quantitative estimate of drug-likeness (QED) is 0.187. The number of amides is 2. The number of ketones is 1. The predicted molar refractivity (Wildman–Crippen MR) is 187 cm³/mol. The van der Waals surface area contributed by atoms with Crippen LogP contribution in [0.2, 0.25) is 0 Å². The lowest BCUT2D eigenvalue weighted by atomic mass is 9.59. The Morgan fingerprint density at radius 2 is 0.980 bits per heavy atom. The average molecular weight is 662 g/mol. The molecule has 1 saturated heterocycles. The Kier molecular flexibility index (Phi) is 7.08. The van der Waals surface area contributed by atoms with Gasteiger partial charge in [0.05, 0.1) is 48.1 Å². The van der Waals surface area contributed by atoms with Gasteiger partial charge in [-0.1, -0.05) is 84.9 Å². The molecule has 8 nitrogen and oxygen atoms in total. The predicted octanol–water partition coefficient (Wildman–Crippen LogP) is 6.59. The maximum absolute atomic E-state index is 16.0. The van der Waals surface area contributed by atoms with Crippen molar-refractivity contribution in [2.75, 3.05) is 19.1 Å². The minimum atomic E-state index is -1.58. The van der Waals surface area contributed by atoms with Crippen LogP contribution < -0.4 is 14.4 Å². The summed E-state index contributed by atoms with van der Waals surface area (Å²) in [6.07, 6.45) is 0. The molecule has 8 rings (SSSR count). The molecule has 2 bridgehead atoms. The Hall–Kier alpha value is -6.28. The van der Waals surface area contributed by atoms with Crippen molar-refractivity contribution in [3.63, 3.8) is 0 Å². The van der Waals surface area contributed by atoms with E-state index in [1.54, 1.807) is 14.2 Å². The molecule has 5 aromatic rings. The standard InChI is InChI=1S/C42H31NO7/c1-49-31-21-15-25(16-22-31)33-34(26-17-23-32(50-2)24-18-26)42(29-11-7-4-8-12-29)36-35(41(33,40(42)48)28-9-5-3-6-10-28)37(44)43(38(36)45)30-19-13-27(14-20-30)39(46)47/h3-24,35-36H,1-2H3,(H,46,47)/t35-,36+,41-,42+. The summed E-state index contributed by atoms with van der Waals surface area (Å²) in [5.41, 5.74) is 1.07. The van der Waals surface area contributed by atoms with Gasteiger partial charge in [0.15, 0.2) is 5.78 Å². The Balaban J connectivity index is 1.51. The fourth-order valence-electron chi connectivity index (χ4n) is 8.65. The zero-order valence-corrected chi connectivity index (χ0v) is 27.2. The number of ether oxygens (including phenoxy) is 2. The van der Waals surface area contributed by atoms with Gasteiger partial charge in [0.2, 0.25) is 11.8 Å². The lowest BCUT2D eigenvalue weighted by Gasteiger charge is -2.39. The number of benzene rings is 5. The number of nitrogens with zero attached hydrogens (tertiary/aromatic N) is 1. The number of fused-ring (bicyclic) bond motifs is 5. The third kappa shape index (κ3) is 3.99. The second kappa shape index (κ2) is 11.4. The highest BCUT2D eigenvalue weighted by Gasteiger charge is 2.82. The van der Waals surface area contributed by atoms with E-state index in [9.17, 15) is 9.90 Å². The first-order valence-corrected chi connectivity index (χ1v) is 16.2. The summed E-state index contributed by atoms with van der Waals surface area (Å²) >= 11 is 0. The minimum absolute atomic E-state index is 0.0232. The molecule has 0 radical (unpaired) electrons. The molecule has 2 aliphatic carbocycles. The molecular weight excluding hydrogens is 630 g/mol. The van der Waals surface area contributed by atoms with Crippen LogP contribution in [0.3, 0.4) is 0 Å². The number of imide groups is 1. The van der Waals surface area contributed by atoms with Gasteiger partial charge in [0, 0.05) is 0 Å². The number of methoxy groups -OCH3 is 2. The number of anilines is 1. The van der Waals surface area contributed by atoms with Crippen molar-refractivity contribution in [3.05, 3.63) is 161 Å². The number of hydrogen-bond donors (Lipinski definition) is 1. The summed E-state index contributed by atoms with van der Waals surface area (Å²) in [7, 11) is 3.16. The summed E-state index contributed by atoms with van der Waals surface area (Å²) in [6.45, 7) is 0. The Labute approximate surface area is 288 Å². The number of hydrogen-bond acceptors (Lipinski definition) is 6. The van der Waals surface area contributed by atoms with Crippen LogP contribution in [-0.2, 0) is 25.2 Å². The number of rotatable bonds is 8. The first kappa shape index (κ1) is 31.0. The summed E-state index contributed by atoms with van der Waals surface area (Å²) in [6, 6.07) is 39.1. The smallest absolute Gasteiger partial charge is 0.335 e. The van der Waals surface area contributed by atoms with Crippen molar-refractivity contribution < 1.29 is 33.8 Å². The molecule has 50 heavy (non-hydrogen) atoms. The van der Waals surface area contributed by atoms with Crippen molar-refractivity contribution in [2.45, 2.75) is 10.8 Å². The normalized spacial score (nSPS) is 23.7. The highest BCUT2D eigenvalue weighted by atomic mass is 16.5. The number of carboxylic acid groups (broad SMARTS) is 1. The maximum atomic E-state index is 16.0. The molecular formula is C42H31NO7. The van der Waals surface area contributed by atoms with Gasteiger partial charge in [0.1, 0.15) is 11.5 Å². The van der Waals surface area contributed by atoms with Gasteiger partial charge >= 0.3 is 5.97 Å². The molecule has 0 spiro atoms. The van der Waals surface area contributed by atoms with E-state index in [0.29, 0.717) is 33.8 Å². The first-order valence-electron chi connectivity index (χ1n) is 16.2. The summed E-state index contributed by atoms with van der Waals surface area (Å²) in [5.74, 6) is -3.36. The van der Waals surface area contributed by atoms with Crippen LogP contribution in [0.4, 0.5) is 5.69 Å². The van der Waals surface area contributed by atoms with Crippen LogP contribution in [0.25, 0.3) is 11.1 Å². The van der Waals surface area contributed by atoms with E-state index < -0.39 is 40.4 Å². The summed E-state index contributed by atoms with van der Waals surface area (Å²) in [5, 5.41) is 9.54. The second-order valence-electron chi connectivity index (χ2n) is 12.7. The van der Waals surface area contributed by atoms with E-state index >= 15 is 14.4 Å². The molecule has 246 valence electrons. The number of Topliss-reactive ketones (excluding diaryl/α,β-unsaturated/α-hetero) is 1. The highest BCUT2D eigenvalue weighted by molar-refractivity contribution is 6.39. The number of allylic oxidation sites excluding steroid dienone is 2. The van der Waals surface area contributed by atoms with E-state index in [4.69, 9.17) is 9.47 Å². The van der Waals surface area contributed by atoms with Gasteiger partial charge in [-0.2, -0.15) is 0 Å². The van der Waals surface area contributed by atoms with Gasteiger partial charge in [-0.3, -0.25) is 14.4 Å². The molecule has 1 saturated carbocycles. The van der Waals surface area contributed by atoms with Gasteiger partial charge < -0.3 is 14.6 Å². The first-order chi connectivity index (χ1) is 24.3. The molecule has 5 aromatic carbocycles. The molecule has 0 aromatic heterocycles. The maximum Gasteiger partial charge on any atom is 0.335 e. The van der Waals surface area contributed by atoms with Crippen LogP contribution >= 0.6 is 0 Å². The van der Waals surface area contributed by atoms with E-state index in [1.807, 2.05) is 109 Å². The molecule has 1 heterocycles. The third-order valence-electron chi connectivity index (χ3n) is 10.6. The lowest BCUT2D eigenvalue weighted by molar-refractivity contribution is -0.130. The molecule has 1 N–H and O–H groups in total. The van der Waals surface area contributed by atoms with Crippen LogP contribution in [-0.4, -0.2) is 42.9 Å². The number of carbonyl (C=O) groups is 4. The van der Waals surface area contributed by atoms with Gasteiger partial charge in [0.25, 0.3) is 0 Å². The van der Waals surface area contributed by atoms with Gasteiger partial charge in [-0.15, -0.1) is 0 Å². The van der Waals surface area contributed by atoms with Gasteiger partial charge in [-0.05, 0) is 81.9 Å². The van der Waals surface area contributed by atoms with Crippen molar-refractivity contribution in [3.8, 4) is 11.5 Å². The lowest BCUT2D eigenvalue weighted by Crippen LogP contribution is -2.45. The van der Waals surface area contributed by atoms with Crippen molar-refractivity contribution in [2.24, 2.45) is 11.8 Å². The fraction of sp³-hybridized carbons (Fsp3) is 0.143. The largest absolute Gasteiger partial charge is 0.497 e. The van der Waals surface area contributed by atoms with Crippen molar-refractivity contribution in [1.29, 1.82) is 0 Å². The van der Waals surface area contributed by atoms with E-state index in [1.165, 1.54) is 24.3 Å². The van der Waals surface area contributed by atoms with E-state index in [0.717, 1.165) is 16.0 Å². The molecule has 0 unspecified atom stereocenters. The van der Waals surface area contributed by atoms with Crippen LogP contribution in [0.5, 0.6) is 11.5 Å². The monoisotopic (exact) mass is 661 g/mol. The van der Waals surface area contributed by atoms with E-state index in [-0.39, 0.29) is 17.0 Å².